The minimum atomic E-state index is -1.15. The van der Waals surface area contributed by atoms with Gasteiger partial charge in [-0.05, 0) is 37.1 Å². The SMILES string of the molecule is CO[Si](CCCOC(=O)C1CC2C=CC1C2)OC. The zero-order chi connectivity index (χ0) is 13.0. The largest absolute Gasteiger partial charge is 0.465 e. The highest BCUT2D eigenvalue weighted by molar-refractivity contribution is 6.44. The molecule has 1 fully saturated rings. The zero-order valence-corrected chi connectivity index (χ0v) is 12.1. The molecule has 3 atom stereocenters. The van der Waals surface area contributed by atoms with Crippen molar-refractivity contribution >= 4 is 15.3 Å². The predicted octanol–water partition coefficient (Wildman–Crippen LogP) is 1.91. The smallest absolute Gasteiger partial charge is 0.384 e. The maximum absolute atomic E-state index is 11.9. The number of esters is 1. The highest BCUT2D eigenvalue weighted by Crippen LogP contribution is 2.43. The van der Waals surface area contributed by atoms with E-state index in [1.807, 2.05) is 0 Å². The second kappa shape index (κ2) is 6.50. The Kier molecular flexibility index (Phi) is 4.97. The second-order valence-corrected chi connectivity index (χ2v) is 7.00. The van der Waals surface area contributed by atoms with Crippen LogP contribution in [-0.2, 0) is 18.4 Å². The summed E-state index contributed by atoms with van der Waals surface area (Å²) in [5.41, 5.74) is 0. The molecule has 1 saturated carbocycles. The van der Waals surface area contributed by atoms with Crippen molar-refractivity contribution < 1.29 is 18.4 Å². The predicted molar refractivity (Wildman–Crippen MR) is 69.0 cm³/mol. The van der Waals surface area contributed by atoms with Gasteiger partial charge in [0.15, 0.2) is 0 Å². The summed E-state index contributed by atoms with van der Waals surface area (Å²) < 4.78 is 15.7. The van der Waals surface area contributed by atoms with Crippen LogP contribution in [0.3, 0.4) is 0 Å². The first kappa shape index (κ1) is 13.8. The fraction of sp³-hybridized carbons (Fsp3) is 0.769. The first-order valence-corrected chi connectivity index (χ1v) is 8.05. The van der Waals surface area contributed by atoms with Crippen molar-refractivity contribution in [3.05, 3.63) is 12.2 Å². The maximum atomic E-state index is 11.9. The highest BCUT2D eigenvalue weighted by atomic mass is 28.3. The monoisotopic (exact) mass is 269 g/mol. The van der Waals surface area contributed by atoms with E-state index in [1.165, 1.54) is 0 Å². The molecule has 4 nitrogen and oxygen atoms in total. The molecule has 5 heteroatoms. The molecular weight excluding hydrogens is 248 g/mol. The van der Waals surface area contributed by atoms with E-state index < -0.39 is 9.28 Å². The summed E-state index contributed by atoms with van der Waals surface area (Å²) in [7, 11) is 2.17. The molecule has 2 rings (SSSR count). The van der Waals surface area contributed by atoms with Crippen LogP contribution in [0.25, 0.3) is 0 Å². The van der Waals surface area contributed by atoms with Gasteiger partial charge in [-0.15, -0.1) is 0 Å². The summed E-state index contributed by atoms with van der Waals surface area (Å²) in [6.07, 6.45) is 7.35. The van der Waals surface area contributed by atoms with Gasteiger partial charge in [-0.25, -0.2) is 0 Å². The van der Waals surface area contributed by atoms with Crippen molar-refractivity contribution in [3.63, 3.8) is 0 Å². The summed E-state index contributed by atoms with van der Waals surface area (Å²) in [4.78, 5) is 11.9. The number of carbonyl (C=O) groups excluding carboxylic acids is 1. The van der Waals surface area contributed by atoms with Crippen LogP contribution in [0, 0.1) is 17.8 Å². The normalized spacial score (nSPS) is 29.2. The number of ether oxygens (including phenoxy) is 1. The number of allylic oxidation sites excluding steroid dienone is 2. The van der Waals surface area contributed by atoms with Crippen LogP contribution in [0.1, 0.15) is 19.3 Å². The van der Waals surface area contributed by atoms with Gasteiger partial charge in [-0.1, -0.05) is 12.2 Å². The molecule has 0 saturated heterocycles. The molecule has 0 N–H and O–H groups in total. The van der Waals surface area contributed by atoms with Crippen LogP contribution in [0.4, 0.5) is 0 Å². The lowest BCUT2D eigenvalue weighted by atomic mass is 9.94. The Morgan fingerprint density at radius 3 is 2.61 bits per heavy atom. The second-order valence-electron chi connectivity index (χ2n) is 4.94. The van der Waals surface area contributed by atoms with Gasteiger partial charge >= 0.3 is 15.3 Å². The van der Waals surface area contributed by atoms with E-state index in [2.05, 4.69) is 12.2 Å². The van der Waals surface area contributed by atoms with E-state index in [0.717, 1.165) is 25.3 Å². The number of fused-ring (bicyclic) bond motifs is 2. The van der Waals surface area contributed by atoms with Crippen LogP contribution in [-0.4, -0.2) is 36.1 Å². The summed E-state index contributed by atoms with van der Waals surface area (Å²) in [6.45, 7) is 0.483. The Morgan fingerprint density at radius 2 is 2.06 bits per heavy atom. The average molecular weight is 269 g/mol. The lowest BCUT2D eigenvalue weighted by molar-refractivity contribution is -0.149. The van der Waals surface area contributed by atoms with Gasteiger partial charge in [0.25, 0.3) is 0 Å². The van der Waals surface area contributed by atoms with Crippen LogP contribution in [0.2, 0.25) is 6.04 Å². The Balaban J connectivity index is 1.62. The third kappa shape index (κ3) is 3.21. The summed E-state index contributed by atoms with van der Waals surface area (Å²) in [6, 6.07) is 0.849. The van der Waals surface area contributed by atoms with E-state index in [0.29, 0.717) is 18.4 Å². The standard InChI is InChI=1S/C13H21O4Si/c1-15-18(16-2)7-3-6-17-13(14)12-9-10-4-5-11(12)8-10/h4-5,10-12H,3,6-9H2,1-2H3. The minimum Gasteiger partial charge on any atom is -0.465 e. The first-order valence-electron chi connectivity index (χ1n) is 6.53. The molecule has 2 aliphatic rings. The van der Waals surface area contributed by atoms with Crippen molar-refractivity contribution in [2.24, 2.45) is 17.8 Å². The fourth-order valence-corrected chi connectivity index (χ4v) is 3.84. The number of hydrogen-bond acceptors (Lipinski definition) is 4. The van der Waals surface area contributed by atoms with Gasteiger partial charge in [0.2, 0.25) is 0 Å². The molecule has 18 heavy (non-hydrogen) atoms. The topological polar surface area (TPSA) is 44.8 Å². The molecule has 3 unspecified atom stereocenters. The third-order valence-electron chi connectivity index (χ3n) is 3.81. The van der Waals surface area contributed by atoms with E-state index in [4.69, 9.17) is 13.6 Å². The molecule has 0 aromatic rings. The highest BCUT2D eigenvalue weighted by Gasteiger charge is 2.40. The zero-order valence-electron chi connectivity index (χ0n) is 11.1. The van der Waals surface area contributed by atoms with Crippen LogP contribution < -0.4 is 0 Å². The van der Waals surface area contributed by atoms with Crippen LogP contribution in [0.5, 0.6) is 0 Å². The molecule has 0 aromatic carbocycles. The quantitative estimate of drug-likeness (QED) is 0.306. The maximum Gasteiger partial charge on any atom is 0.384 e. The number of hydrogen-bond donors (Lipinski definition) is 0. The Hall–Kier alpha value is -0.653. The number of carbonyl (C=O) groups is 1. The molecule has 101 valence electrons. The minimum absolute atomic E-state index is 0.0181. The molecular formula is C13H21O4Si. The van der Waals surface area contributed by atoms with Crippen molar-refractivity contribution in [2.75, 3.05) is 20.8 Å². The van der Waals surface area contributed by atoms with E-state index in [-0.39, 0.29) is 11.9 Å². The van der Waals surface area contributed by atoms with Crippen molar-refractivity contribution in [1.29, 1.82) is 0 Å². The Bertz CT molecular complexity index is 314. The molecule has 1 radical (unpaired) electrons. The Morgan fingerprint density at radius 1 is 1.28 bits per heavy atom. The van der Waals surface area contributed by atoms with Gasteiger partial charge in [-0.3, -0.25) is 4.79 Å². The molecule has 2 aliphatic carbocycles. The molecule has 0 aliphatic heterocycles. The van der Waals surface area contributed by atoms with E-state index in [9.17, 15) is 4.79 Å². The van der Waals surface area contributed by atoms with Gasteiger partial charge < -0.3 is 13.6 Å². The molecule has 2 bridgehead atoms. The van der Waals surface area contributed by atoms with Gasteiger partial charge in [-0.2, -0.15) is 0 Å². The lowest BCUT2D eigenvalue weighted by Gasteiger charge is -2.16. The molecule has 0 spiro atoms. The summed E-state index contributed by atoms with van der Waals surface area (Å²) in [5, 5.41) is 0. The lowest BCUT2D eigenvalue weighted by Crippen LogP contribution is -2.23. The van der Waals surface area contributed by atoms with Crippen molar-refractivity contribution in [1.82, 2.24) is 0 Å². The summed E-state index contributed by atoms with van der Waals surface area (Å²) >= 11 is 0. The molecule has 0 aromatic heterocycles. The van der Waals surface area contributed by atoms with Crippen molar-refractivity contribution in [3.8, 4) is 0 Å². The molecule has 0 amide bonds. The first-order chi connectivity index (χ1) is 8.74. The van der Waals surface area contributed by atoms with E-state index >= 15 is 0 Å². The van der Waals surface area contributed by atoms with Gasteiger partial charge in [0.1, 0.15) is 0 Å². The third-order valence-corrected chi connectivity index (χ3v) is 5.48. The van der Waals surface area contributed by atoms with Crippen molar-refractivity contribution in [2.45, 2.75) is 25.3 Å². The molecule has 0 heterocycles. The fourth-order valence-electron chi connectivity index (χ4n) is 2.84. The van der Waals surface area contributed by atoms with Gasteiger partial charge in [0.05, 0.1) is 12.5 Å². The van der Waals surface area contributed by atoms with Gasteiger partial charge in [0, 0.05) is 14.2 Å². The van der Waals surface area contributed by atoms with E-state index in [1.54, 1.807) is 14.2 Å². The Labute approximate surface area is 110 Å². The van der Waals surface area contributed by atoms with Crippen LogP contribution in [0.15, 0.2) is 12.2 Å². The average Bonchev–Trinajstić information content (AvgIpc) is 3.01. The van der Waals surface area contributed by atoms with Crippen LogP contribution >= 0.6 is 0 Å². The number of rotatable bonds is 7. The summed E-state index contributed by atoms with van der Waals surface area (Å²) in [5.74, 6) is 1.13.